The number of ether oxygens (including phenoxy) is 1. The first kappa shape index (κ1) is 23.4. The first-order valence-corrected chi connectivity index (χ1v) is 11.5. The Morgan fingerprint density at radius 2 is 2.03 bits per heavy atom. The van der Waals surface area contributed by atoms with Crippen molar-refractivity contribution < 1.29 is 9.53 Å². The largest absolute Gasteiger partial charge is 0.444 e. The van der Waals surface area contributed by atoms with Crippen LogP contribution in [-0.2, 0) is 11.2 Å². The molecule has 0 spiro atoms. The van der Waals surface area contributed by atoms with Gasteiger partial charge in [-0.25, -0.2) is 9.78 Å². The lowest BCUT2D eigenvalue weighted by Crippen LogP contribution is -2.57. The molecule has 30 heavy (non-hydrogen) atoms. The lowest BCUT2D eigenvalue weighted by molar-refractivity contribution is 0.0137. The van der Waals surface area contributed by atoms with Crippen LogP contribution in [0.5, 0.6) is 0 Å². The summed E-state index contributed by atoms with van der Waals surface area (Å²) in [7, 11) is 0. The SMILES string of the molecule is CC(C)(C)OC(=O)N1CCN2C(NCCc3csc(N4CCCC4)n3)=NCC2C1.I. The van der Waals surface area contributed by atoms with Crippen LogP contribution in [0.2, 0.25) is 0 Å². The second kappa shape index (κ2) is 9.88. The Bertz CT molecular complexity index is 759. The molecule has 1 amide bonds. The number of aliphatic imine (C=N–C) groups is 1. The molecule has 0 aliphatic carbocycles. The number of rotatable bonds is 4. The summed E-state index contributed by atoms with van der Waals surface area (Å²) in [5.41, 5.74) is 0.687. The van der Waals surface area contributed by atoms with E-state index >= 15 is 0 Å². The average Bonchev–Trinajstić information content (AvgIpc) is 3.41. The molecule has 1 unspecified atom stereocenters. The van der Waals surface area contributed by atoms with Crippen molar-refractivity contribution in [3.8, 4) is 0 Å². The minimum absolute atomic E-state index is 0. The molecule has 168 valence electrons. The van der Waals surface area contributed by atoms with Crippen molar-refractivity contribution in [1.82, 2.24) is 20.1 Å². The van der Waals surface area contributed by atoms with Gasteiger partial charge in [-0.3, -0.25) is 4.99 Å². The number of thiazole rings is 1. The Labute approximate surface area is 200 Å². The van der Waals surface area contributed by atoms with Crippen molar-refractivity contribution in [2.24, 2.45) is 4.99 Å². The van der Waals surface area contributed by atoms with Crippen molar-refractivity contribution in [3.63, 3.8) is 0 Å². The van der Waals surface area contributed by atoms with Crippen LogP contribution in [0.15, 0.2) is 10.4 Å². The molecule has 3 aliphatic rings. The topological polar surface area (TPSA) is 73.3 Å². The monoisotopic (exact) mass is 548 g/mol. The number of amides is 1. The molecule has 0 saturated carbocycles. The second-order valence-electron chi connectivity index (χ2n) is 8.93. The Kier molecular flexibility index (Phi) is 7.70. The van der Waals surface area contributed by atoms with E-state index in [0.29, 0.717) is 13.1 Å². The average molecular weight is 548 g/mol. The van der Waals surface area contributed by atoms with E-state index in [4.69, 9.17) is 9.72 Å². The van der Waals surface area contributed by atoms with Crippen molar-refractivity contribution >= 4 is 52.5 Å². The molecule has 0 radical (unpaired) electrons. The third kappa shape index (κ3) is 5.68. The fourth-order valence-electron chi connectivity index (χ4n) is 3.99. The summed E-state index contributed by atoms with van der Waals surface area (Å²) in [4.78, 5) is 28.3. The van der Waals surface area contributed by atoms with Gasteiger partial charge in [-0.2, -0.15) is 0 Å². The number of guanidine groups is 1. The van der Waals surface area contributed by atoms with E-state index in [0.717, 1.165) is 55.9 Å². The van der Waals surface area contributed by atoms with Crippen molar-refractivity contribution in [1.29, 1.82) is 0 Å². The highest BCUT2D eigenvalue weighted by molar-refractivity contribution is 14.0. The van der Waals surface area contributed by atoms with Crippen molar-refractivity contribution in [2.45, 2.75) is 51.7 Å². The van der Waals surface area contributed by atoms with Crippen LogP contribution in [0.1, 0.15) is 39.3 Å². The van der Waals surface area contributed by atoms with Gasteiger partial charge < -0.3 is 24.8 Å². The zero-order chi connectivity index (χ0) is 20.4. The molecule has 4 heterocycles. The van der Waals surface area contributed by atoms with Crippen LogP contribution >= 0.6 is 35.3 Å². The standard InChI is InChI=1S/C20H32N6O2S.HI/c1-20(2,3)28-19(27)25-10-11-26-16(13-25)12-22-17(26)21-7-6-15-14-29-18(23-15)24-8-4-5-9-24;/h14,16H,4-13H2,1-3H3,(H,21,22);1H. The van der Waals surface area contributed by atoms with Crippen LogP contribution in [-0.4, -0.2) is 84.3 Å². The molecular weight excluding hydrogens is 515 g/mol. The van der Waals surface area contributed by atoms with E-state index in [-0.39, 0.29) is 36.1 Å². The van der Waals surface area contributed by atoms with Gasteiger partial charge >= 0.3 is 6.09 Å². The number of nitrogens with zero attached hydrogens (tertiary/aromatic N) is 5. The van der Waals surface area contributed by atoms with Gasteiger partial charge in [0.2, 0.25) is 0 Å². The summed E-state index contributed by atoms with van der Waals surface area (Å²) >= 11 is 1.75. The van der Waals surface area contributed by atoms with Gasteiger partial charge in [0.05, 0.1) is 18.3 Å². The molecule has 4 rings (SSSR count). The van der Waals surface area contributed by atoms with E-state index in [1.807, 2.05) is 20.8 Å². The van der Waals surface area contributed by atoms with Crippen LogP contribution in [0, 0.1) is 0 Å². The van der Waals surface area contributed by atoms with E-state index in [1.54, 1.807) is 16.2 Å². The molecule has 1 atom stereocenters. The lowest BCUT2D eigenvalue weighted by atomic mass is 10.2. The number of halogens is 1. The minimum atomic E-state index is -0.461. The maximum absolute atomic E-state index is 12.3. The molecule has 1 aromatic rings. The van der Waals surface area contributed by atoms with Gasteiger partial charge in [-0.05, 0) is 33.6 Å². The van der Waals surface area contributed by atoms with Gasteiger partial charge in [-0.1, -0.05) is 0 Å². The number of aromatic nitrogens is 1. The molecule has 1 aromatic heterocycles. The normalized spacial score (nSPS) is 21.2. The third-order valence-electron chi connectivity index (χ3n) is 5.44. The van der Waals surface area contributed by atoms with Gasteiger partial charge in [0.25, 0.3) is 0 Å². The highest BCUT2D eigenvalue weighted by Gasteiger charge is 2.36. The molecule has 2 fully saturated rings. The fraction of sp³-hybridized carbons (Fsp3) is 0.750. The number of fused-ring (bicyclic) bond motifs is 1. The minimum Gasteiger partial charge on any atom is -0.444 e. The second-order valence-corrected chi connectivity index (χ2v) is 9.77. The van der Waals surface area contributed by atoms with Gasteiger partial charge in [0.15, 0.2) is 11.1 Å². The fourth-order valence-corrected chi connectivity index (χ4v) is 4.90. The molecule has 8 nitrogen and oxygen atoms in total. The molecule has 0 bridgehead atoms. The zero-order valence-electron chi connectivity index (χ0n) is 18.1. The van der Waals surface area contributed by atoms with E-state index in [1.165, 1.54) is 12.8 Å². The van der Waals surface area contributed by atoms with Gasteiger partial charge in [-0.15, -0.1) is 35.3 Å². The summed E-state index contributed by atoms with van der Waals surface area (Å²) in [5.74, 6) is 0.953. The number of hydrogen-bond acceptors (Lipinski definition) is 8. The van der Waals surface area contributed by atoms with Crippen LogP contribution in [0.3, 0.4) is 0 Å². The summed E-state index contributed by atoms with van der Waals surface area (Å²) < 4.78 is 5.51. The van der Waals surface area contributed by atoms with E-state index in [9.17, 15) is 4.79 Å². The van der Waals surface area contributed by atoms with Crippen LogP contribution in [0.25, 0.3) is 0 Å². The highest BCUT2D eigenvalue weighted by Crippen LogP contribution is 2.24. The molecular formula is C20H33IN6O2S. The summed E-state index contributed by atoms with van der Waals surface area (Å²) in [6.45, 7) is 11.6. The Morgan fingerprint density at radius 1 is 1.27 bits per heavy atom. The smallest absolute Gasteiger partial charge is 0.410 e. The molecule has 3 aliphatic heterocycles. The van der Waals surface area contributed by atoms with Crippen molar-refractivity contribution in [2.75, 3.05) is 50.7 Å². The summed E-state index contributed by atoms with van der Waals surface area (Å²) in [5, 5.41) is 6.82. The van der Waals surface area contributed by atoms with Crippen molar-refractivity contribution in [3.05, 3.63) is 11.1 Å². The molecule has 0 aromatic carbocycles. The number of carbonyl (C=O) groups is 1. The summed E-state index contributed by atoms with van der Waals surface area (Å²) in [6, 6.07) is 0.236. The maximum atomic E-state index is 12.3. The first-order chi connectivity index (χ1) is 13.9. The van der Waals surface area contributed by atoms with Gasteiger partial charge in [0.1, 0.15) is 5.60 Å². The number of carbonyl (C=O) groups excluding carboxylic acids is 1. The third-order valence-corrected chi connectivity index (χ3v) is 6.39. The zero-order valence-corrected chi connectivity index (χ0v) is 21.2. The number of nitrogens with one attached hydrogen (secondary N) is 1. The quantitative estimate of drug-likeness (QED) is 0.584. The predicted molar refractivity (Wildman–Crippen MR) is 131 cm³/mol. The molecule has 1 N–H and O–H groups in total. The molecule has 2 saturated heterocycles. The van der Waals surface area contributed by atoms with Crippen LogP contribution in [0.4, 0.5) is 9.93 Å². The Morgan fingerprint density at radius 3 is 2.77 bits per heavy atom. The van der Waals surface area contributed by atoms with Crippen LogP contribution < -0.4 is 10.2 Å². The predicted octanol–water partition coefficient (Wildman–Crippen LogP) is 2.78. The summed E-state index contributed by atoms with van der Waals surface area (Å²) in [6.07, 6.45) is 3.22. The number of piperazine rings is 1. The van der Waals surface area contributed by atoms with E-state index < -0.39 is 5.60 Å². The number of hydrogen-bond donors (Lipinski definition) is 1. The lowest BCUT2D eigenvalue weighted by Gasteiger charge is -2.39. The Balaban J connectivity index is 0.00000256. The highest BCUT2D eigenvalue weighted by atomic mass is 127. The Hall–Kier alpha value is -1.30. The maximum Gasteiger partial charge on any atom is 0.410 e. The first-order valence-electron chi connectivity index (χ1n) is 10.6. The van der Waals surface area contributed by atoms with E-state index in [2.05, 4.69) is 25.5 Å². The van der Waals surface area contributed by atoms with Gasteiger partial charge in [0, 0.05) is 51.1 Å². The molecule has 10 heteroatoms. The number of anilines is 1.